The molecule has 5 rings (SSSR count). The van der Waals surface area contributed by atoms with Crippen molar-refractivity contribution in [1.29, 1.82) is 0 Å². The Labute approximate surface area is 203 Å². The van der Waals surface area contributed by atoms with Crippen LogP contribution in [0.2, 0.25) is 15.1 Å². The minimum Gasteiger partial charge on any atom is -0.454 e. The Bertz CT molecular complexity index is 1110. The minimum atomic E-state index is 0.175. The van der Waals surface area contributed by atoms with Crippen LogP contribution < -0.4 is 19.7 Å². The highest BCUT2D eigenvalue weighted by Gasteiger charge is 2.31. The molecule has 2 atom stereocenters. The highest BCUT2D eigenvalue weighted by Crippen LogP contribution is 2.40. The summed E-state index contributed by atoms with van der Waals surface area (Å²) in [6.07, 6.45) is 1.96. The van der Waals surface area contributed by atoms with Crippen LogP contribution in [0.1, 0.15) is 30.0 Å². The molecule has 1 N–H and O–H groups in total. The predicted octanol–water partition coefficient (Wildman–Crippen LogP) is 6.88. The number of piperidine rings is 1. The highest BCUT2D eigenvalue weighted by atomic mass is 35.5. The molecule has 0 radical (unpaired) electrons. The summed E-state index contributed by atoms with van der Waals surface area (Å²) in [6.45, 7) is 1.95. The zero-order valence-corrected chi connectivity index (χ0v) is 19.6. The smallest absolute Gasteiger partial charge is 0.231 e. The molecule has 0 aliphatic carbocycles. The number of nitrogens with one attached hydrogen (secondary N) is 1. The van der Waals surface area contributed by atoms with E-state index in [9.17, 15) is 0 Å². The summed E-state index contributed by atoms with van der Waals surface area (Å²) in [5.74, 6) is 1.63. The van der Waals surface area contributed by atoms with Gasteiger partial charge in [-0.2, -0.15) is 0 Å². The maximum Gasteiger partial charge on any atom is 0.231 e. The van der Waals surface area contributed by atoms with Gasteiger partial charge in [0.2, 0.25) is 6.79 Å². The molecule has 0 amide bonds. The quantitative estimate of drug-likeness (QED) is 0.424. The third kappa shape index (κ3) is 4.65. The Morgan fingerprint density at radius 1 is 0.875 bits per heavy atom. The third-order valence-electron chi connectivity index (χ3n) is 6.11. The van der Waals surface area contributed by atoms with E-state index >= 15 is 0 Å². The zero-order chi connectivity index (χ0) is 22.1. The van der Waals surface area contributed by atoms with E-state index in [0.29, 0.717) is 22.9 Å². The van der Waals surface area contributed by atoms with Crippen LogP contribution in [0.3, 0.4) is 0 Å². The lowest BCUT2D eigenvalue weighted by Gasteiger charge is -2.42. The van der Waals surface area contributed by atoms with Crippen molar-refractivity contribution < 1.29 is 9.47 Å². The van der Waals surface area contributed by atoms with Crippen LogP contribution in [-0.2, 0) is 6.54 Å². The third-order valence-corrected chi connectivity index (χ3v) is 6.90. The number of ether oxygens (including phenoxy) is 2. The highest BCUT2D eigenvalue weighted by molar-refractivity contribution is 6.36. The molecule has 2 heterocycles. The van der Waals surface area contributed by atoms with Crippen molar-refractivity contribution in [2.24, 2.45) is 0 Å². The van der Waals surface area contributed by atoms with Gasteiger partial charge < -0.3 is 19.7 Å². The van der Waals surface area contributed by atoms with Gasteiger partial charge in [0.25, 0.3) is 0 Å². The molecule has 0 aromatic heterocycles. The summed E-state index contributed by atoms with van der Waals surface area (Å²) < 4.78 is 10.9. The summed E-state index contributed by atoms with van der Waals surface area (Å²) >= 11 is 18.9. The molecule has 0 bridgehead atoms. The van der Waals surface area contributed by atoms with Gasteiger partial charge >= 0.3 is 0 Å². The fourth-order valence-electron chi connectivity index (χ4n) is 4.47. The molecule has 2 unspecified atom stereocenters. The van der Waals surface area contributed by atoms with Gasteiger partial charge in [0.15, 0.2) is 11.5 Å². The van der Waals surface area contributed by atoms with Gasteiger partial charge in [-0.1, -0.05) is 53.0 Å². The van der Waals surface area contributed by atoms with Crippen molar-refractivity contribution >= 4 is 40.5 Å². The maximum absolute atomic E-state index is 6.58. The van der Waals surface area contributed by atoms with E-state index in [2.05, 4.69) is 34.5 Å². The summed E-state index contributed by atoms with van der Waals surface area (Å²) in [5.41, 5.74) is 3.40. The Balaban J connectivity index is 1.34. The topological polar surface area (TPSA) is 33.7 Å². The molecule has 2 aliphatic rings. The maximum atomic E-state index is 6.58. The largest absolute Gasteiger partial charge is 0.454 e. The van der Waals surface area contributed by atoms with Crippen LogP contribution >= 0.6 is 34.8 Å². The first kappa shape index (κ1) is 21.7. The minimum absolute atomic E-state index is 0.175. The molecule has 2 aliphatic heterocycles. The van der Waals surface area contributed by atoms with Gasteiger partial charge in [0.05, 0.1) is 16.8 Å². The lowest BCUT2D eigenvalue weighted by molar-refractivity contribution is 0.174. The van der Waals surface area contributed by atoms with E-state index < -0.39 is 0 Å². The fraction of sp³-hybridized carbons (Fsp3) is 0.280. The van der Waals surface area contributed by atoms with Crippen LogP contribution in [-0.4, -0.2) is 19.4 Å². The lowest BCUT2D eigenvalue weighted by atomic mass is 9.91. The molecule has 1 fully saturated rings. The number of rotatable bonds is 5. The van der Waals surface area contributed by atoms with Crippen molar-refractivity contribution in [1.82, 2.24) is 5.32 Å². The van der Waals surface area contributed by atoms with Crippen LogP contribution in [0.25, 0.3) is 0 Å². The molecule has 1 saturated heterocycles. The van der Waals surface area contributed by atoms with Gasteiger partial charge in [-0.3, -0.25) is 0 Å². The van der Waals surface area contributed by atoms with E-state index in [1.165, 1.54) is 11.1 Å². The molecule has 3 aromatic rings. The molecule has 7 heteroatoms. The van der Waals surface area contributed by atoms with E-state index in [0.717, 1.165) is 48.1 Å². The summed E-state index contributed by atoms with van der Waals surface area (Å²) in [5, 5.41) is 5.78. The van der Waals surface area contributed by atoms with E-state index in [1.807, 2.05) is 30.3 Å². The SMILES string of the molecule is Clc1ccc(C2CC(NCc3ccc4c(c3)OCO4)CCN2c2ccc(Cl)cc2Cl)cc1. The first-order valence-electron chi connectivity index (χ1n) is 10.7. The van der Waals surface area contributed by atoms with Gasteiger partial charge in [-0.15, -0.1) is 0 Å². The normalized spacial score (nSPS) is 19.9. The summed E-state index contributed by atoms with van der Waals surface area (Å²) in [6, 6.07) is 20.5. The second kappa shape index (κ2) is 9.40. The van der Waals surface area contributed by atoms with E-state index in [4.69, 9.17) is 44.3 Å². The second-order valence-corrected chi connectivity index (χ2v) is 9.43. The van der Waals surface area contributed by atoms with Crippen LogP contribution in [0, 0.1) is 0 Å². The van der Waals surface area contributed by atoms with Gasteiger partial charge in [-0.05, 0) is 66.4 Å². The monoisotopic (exact) mass is 488 g/mol. The lowest BCUT2D eigenvalue weighted by Crippen LogP contribution is -2.44. The Kier molecular flexibility index (Phi) is 6.38. The molecule has 3 aromatic carbocycles. The number of hydrogen-bond acceptors (Lipinski definition) is 4. The average Bonchev–Trinajstić information content (AvgIpc) is 3.26. The number of halogens is 3. The number of anilines is 1. The predicted molar refractivity (Wildman–Crippen MR) is 130 cm³/mol. The standard InChI is InChI=1S/C25H23Cl3N2O2/c26-18-4-2-17(3-5-18)23-13-20(9-10-30(23)22-7-6-19(27)12-21(22)28)29-14-16-1-8-24-25(11-16)32-15-31-24/h1-8,11-12,20,23,29H,9-10,13-15H2. The van der Waals surface area contributed by atoms with Crippen molar-refractivity contribution in [3.63, 3.8) is 0 Å². The summed E-state index contributed by atoms with van der Waals surface area (Å²) in [7, 11) is 0. The molecule has 32 heavy (non-hydrogen) atoms. The average molecular weight is 490 g/mol. The van der Waals surface area contributed by atoms with Crippen LogP contribution in [0.15, 0.2) is 60.7 Å². The van der Waals surface area contributed by atoms with Crippen molar-refractivity contribution in [3.8, 4) is 11.5 Å². The number of fused-ring (bicyclic) bond motifs is 1. The summed E-state index contributed by atoms with van der Waals surface area (Å²) in [4.78, 5) is 2.38. The molecule has 166 valence electrons. The Hall–Kier alpha value is -2.11. The molecule has 4 nitrogen and oxygen atoms in total. The number of nitrogens with zero attached hydrogens (tertiary/aromatic N) is 1. The van der Waals surface area contributed by atoms with E-state index in [-0.39, 0.29) is 6.04 Å². The van der Waals surface area contributed by atoms with Crippen molar-refractivity contribution in [3.05, 3.63) is 86.9 Å². The van der Waals surface area contributed by atoms with Gasteiger partial charge in [0, 0.05) is 29.2 Å². The van der Waals surface area contributed by atoms with Gasteiger partial charge in [-0.25, -0.2) is 0 Å². The van der Waals surface area contributed by atoms with Crippen LogP contribution in [0.5, 0.6) is 11.5 Å². The first-order chi connectivity index (χ1) is 15.6. The first-order valence-corrected chi connectivity index (χ1v) is 11.8. The zero-order valence-electron chi connectivity index (χ0n) is 17.4. The molecular formula is C25H23Cl3N2O2. The molecule has 0 saturated carbocycles. The Morgan fingerprint density at radius 2 is 1.66 bits per heavy atom. The molecule has 0 spiro atoms. The van der Waals surface area contributed by atoms with Gasteiger partial charge in [0.1, 0.15) is 0 Å². The van der Waals surface area contributed by atoms with Crippen molar-refractivity contribution in [2.75, 3.05) is 18.2 Å². The van der Waals surface area contributed by atoms with E-state index in [1.54, 1.807) is 6.07 Å². The molecular weight excluding hydrogens is 467 g/mol. The van der Waals surface area contributed by atoms with Crippen LogP contribution in [0.4, 0.5) is 5.69 Å². The second-order valence-electron chi connectivity index (χ2n) is 8.15. The number of hydrogen-bond donors (Lipinski definition) is 1. The van der Waals surface area contributed by atoms with Crippen molar-refractivity contribution in [2.45, 2.75) is 31.5 Å². The fourth-order valence-corrected chi connectivity index (χ4v) is 5.11. The number of benzene rings is 3. The Morgan fingerprint density at radius 3 is 2.47 bits per heavy atom.